The van der Waals surface area contributed by atoms with Crippen LogP contribution in [0.2, 0.25) is 0 Å². The minimum absolute atomic E-state index is 0.169. The highest BCUT2D eigenvalue weighted by Crippen LogP contribution is 2.34. The number of ether oxygens (including phenoxy) is 3. The van der Waals surface area contributed by atoms with E-state index < -0.39 is 11.9 Å². The summed E-state index contributed by atoms with van der Waals surface area (Å²) < 4.78 is 15.6. The van der Waals surface area contributed by atoms with Gasteiger partial charge in [-0.3, -0.25) is 9.59 Å². The summed E-state index contributed by atoms with van der Waals surface area (Å²) >= 11 is 0. The second kappa shape index (κ2) is 7.70. The molecular weight excluding hydrogens is 322 g/mol. The number of carbonyl (C=O) groups is 2. The van der Waals surface area contributed by atoms with Crippen LogP contribution in [0, 0.1) is 0 Å². The number of anilines is 1. The fourth-order valence-corrected chi connectivity index (χ4v) is 2.63. The summed E-state index contributed by atoms with van der Waals surface area (Å²) in [6.45, 7) is 1.74. The number of hydrogen-bond donors (Lipinski definition) is 1. The largest absolute Gasteiger partial charge is 0.455 e. The van der Waals surface area contributed by atoms with Crippen molar-refractivity contribution in [3.63, 3.8) is 0 Å². The van der Waals surface area contributed by atoms with Crippen LogP contribution in [0.5, 0.6) is 11.5 Å². The van der Waals surface area contributed by atoms with Crippen LogP contribution in [0.15, 0.2) is 48.5 Å². The van der Waals surface area contributed by atoms with Gasteiger partial charge in [-0.15, -0.1) is 0 Å². The van der Waals surface area contributed by atoms with Gasteiger partial charge in [-0.25, -0.2) is 0 Å². The van der Waals surface area contributed by atoms with Crippen molar-refractivity contribution in [1.29, 1.82) is 0 Å². The van der Waals surface area contributed by atoms with Crippen LogP contribution in [0.4, 0.5) is 5.69 Å². The Morgan fingerprint density at radius 3 is 2.64 bits per heavy atom. The minimum atomic E-state index is -0.408. The molecule has 0 bridgehead atoms. The molecule has 0 saturated heterocycles. The van der Waals surface area contributed by atoms with Gasteiger partial charge in [0.25, 0.3) is 5.91 Å². The SMILES string of the molecule is CC[C@H](C(=O)OCC(=O)Nc1ccc2c(c1)OCO2)c1ccccc1. The van der Waals surface area contributed by atoms with Crippen LogP contribution in [0.1, 0.15) is 24.8 Å². The summed E-state index contributed by atoms with van der Waals surface area (Å²) in [6, 6.07) is 14.5. The van der Waals surface area contributed by atoms with Crippen LogP contribution in [-0.4, -0.2) is 25.3 Å². The molecule has 3 rings (SSSR count). The maximum absolute atomic E-state index is 12.2. The summed E-state index contributed by atoms with van der Waals surface area (Å²) in [5, 5.41) is 2.67. The first-order valence-electron chi connectivity index (χ1n) is 8.08. The molecule has 1 heterocycles. The van der Waals surface area contributed by atoms with Gasteiger partial charge in [-0.2, -0.15) is 0 Å². The van der Waals surface area contributed by atoms with Crippen LogP contribution in [-0.2, 0) is 14.3 Å². The van der Waals surface area contributed by atoms with E-state index in [1.165, 1.54) is 0 Å². The molecule has 6 nitrogen and oxygen atoms in total. The van der Waals surface area contributed by atoms with Crippen LogP contribution in [0.3, 0.4) is 0 Å². The maximum atomic E-state index is 12.2. The Kier molecular flexibility index (Phi) is 5.18. The Balaban J connectivity index is 1.54. The normalized spacial score (nSPS) is 13.2. The highest BCUT2D eigenvalue weighted by atomic mass is 16.7. The Labute approximate surface area is 145 Å². The summed E-state index contributed by atoms with van der Waals surface area (Å²) in [6.07, 6.45) is 0.604. The second-order valence-corrected chi connectivity index (χ2v) is 5.60. The average molecular weight is 341 g/mol. The molecule has 0 aliphatic carbocycles. The van der Waals surface area contributed by atoms with Gasteiger partial charge < -0.3 is 19.5 Å². The number of amides is 1. The lowest BCUT2D eigenvalue weighted by Crippen LogP contribution is -2.23. The molecule has 6 heteroatoms. The van der Waals surface area contributed by atoms with Gasteiger partial charge in [-0.1, -0.05) is 37.3 Å². The topological polar surface area (TPSA) is 73.9 Å². The molecule has 25 heavy (non-hydrogen) atoms. The molecule has 1 aliphatic heterocycles. The Morgan fingerprint density at radius 1 is 1.12 bits per heavy atom. The van der Waals surface area contributed by atoms with Crippen molar-refractivity contribution < 1.29 is 23.8 Å². The van der Waals surface area contributed by atoms with Gasteiger partial charge in [0.05, 0.1) is 5.92 Å². The molecule has 0 saturated carbocycles. The Hall–Kier alpha value is -3.02. The molecule has 0 spiro atoms. The first-order valence-corrected chi connectivity index (χ1v) is 8.08. The van der Waals surface area contributed by atoms with E-state index in [0.717, 1.165) is 5.56 Å². The number of rotatable bonds is 6. The van der Waals surface area contributed by atoms with E-state index in [1.54, 1.807) is 18.2 Å². The molecule has 2 aromatic rings. The van der Waals surface area contributed by atoms with Gasteiger partial charge in [0.15, 0.2) is 18.1 Å². The lowest BCUT2D eigenvalue weighted by Gasteiger charge is -2.14. The third-order valence-corrected chi connectivity index (χ3v) is 3.90. The molecule has 0 aromatic heterocycles. The summed E-state index contributed by atoms with van der Waals surface area (Å²) in [5.41, 5.74) is 1.44. The number of fused-ring (bicyclic) bond motifs is 1. The van der Waals surface area contributed by atoms with Crippen molar-refractivity contribution in [2.45, 2.75) is 19.3 Å². The highest BCUT2D eigenvalue weighted by Gasteiger charge is 2.21. The number of nitrogens with one attached hydrogen (secondary N) is 1. The first-order chi connectivity index (χ1) is 12.2. The lowest BCUT2D eigenvalue weighted by molar-refractivity contribution is -0.149. The Bertz CT molecular complexity index is 760. The molecule has 1 N–H and O–H groups in total. The smallest absolute Gasteiger partial charge is 0.313 e. The molecule has 1 amide bonds. The van der Waals surface area contributed by atoms with E-state index >= 15 is 0 Å². The highest BCUT2D eigenvalue weighted by molar-refractivity contribution is 5.93. The van der Waals surface area contributed by atoms with Crippen LogP contribution in [0.25, 0.3) is 0 Å². The van der Waals surface area contributed by atoms with Crippen molar-refractivity contribution >= 4 is 17.6 Å². The third kappa shape index (κ3) is 4.09. The average Bonchev–Trinajstić information content (AvgIpc) is 3.09. The third-order valence-electron chi connectivity index (χ3n) is 3.90. The number of benzene rings is 2. The van der Waals surface area contributed by atoms with Gasteiger partial charge in [-0.05, 0) is 24.1 Å². The van der Waals surface area contributed by atoms with E-state index in [4.69, 9.17) is 14.2 Å². The van der Waals surface area contributed by atoms with Crippen molar-refractivity contribution in [2.24, 2.45) is 0 Å². The number of hydrogen-bond acceptors (Lipinski definition) is 5. The molecule has 2 aromatic carbocycles. The quantitative estimate of drug-likeness (QED) is 0.817. The Morgan fingerprint density at radius 2 is 1.88 bits per heavy atom. The zero-order valence-electron chi connectivity index (χ0n) is 13.9. The van der Waals surface area contributed by atoms with E-state index in [-0.39, 0.29) is 19.3 Å². The van der Waals surface area contributed by atoms with Crippen molar-refractivity contribution in [1.82, 2.24) is 0 Å². The molecule has 0 fully saturated rings. The lowest BCUT2D eigenvalue weighted by atomic mass is 9.97. The zero-order chi connectivity index (χ0) is 17.6. The zero-order valence-corrected chi connectivity index (χ0v) is 13.9. The molecule has 0 radical (unpaired) electrons. The van der Waals surface area contributed by atoms with Crippen molar-refractivity contribution in [3.05, 3.63) is 54.1 Å². The molecule has 130 valence electrons. The predicted octanol–water partition coefficient (Wildman–Crippen LogP) is 3.09. The van der Waals surface area contributed by atoms with Crippen LogP contribution < -0.4 is 14.8 Å². The van der Waals surface area contributed by atoms with Gasteiger partial charge in [0.2, 0.25) is 6.79 Å². The number of carbonyl (C=O) groups excluding carboxylic acids is 2. The van der Waals surface area contributed by atoms with E-state index in [9.17, 15) is 9.59 Å². The van der Waals surface area contributed by atoms with E-state index in [0.29, 0.717) is 23.6 Å². The van der Waals surface area contributed by atoms with E-state index in [1.807, 2.05) is 37.3 Å². The van der Waals surface area contributed by atoms with Gasteiger partial charge in [0, 0.05) is 11.8 Å². The standard InChI is InChI=1S/C19H19NO5/c1-2-15(13-6-4-3-5-7-13)19(22)23-11-18(21)20-14-8-9-16-17(10-14)25-12-24-16/h3-10,15H,2,11-12H2,1H3,(H,20,21)/t15-/m0/s1. The van der Waals surface area contributed by atoms with Gasteiger partial charge in [0.1, 0.15) is 0 Å². The molecular formula is C19H19NO5. The monoisotopic (exact) mass is 341 g/mol. The van der Waals surface area contributed by atoms with Gasteiger partial charge >= 0.3 is 5.97 Å². The minimum Gasteiger partial charge on any atom is -0.455 e. The molecule has 1 aliphatic rings. The fraction of sp³-hybridized carbons (Fsp3) is 0.263. The van der Waals surface area contributed by atoms with E-state index in [2.05, 4.69) is 5.32 Å². The molecule has 1 atom stereocenters. The predicted molar refractivity (Wildman–Crippen MR) is 91.6 cm³/mol. The number of esters is 1. The summed E-state index contributed by atoms with van der Waals surface area (Å²) in [4.78, 5) is 24.3. The first kappa shape index (κ1) is 16.8. The van der Waals surface area contributed by atoms with Crippen molar-refractivity contribution in [2.75, 3.05) is 18.7 Å². The summed E-state index contributed by atoms with van der Waals surface area (Å²) in [7, 11) is 0. The second-order valence-electron chi connectivity index (χ2n) is 5.60. The fourth-order valence-electron chi connectivity index (χ4n) is 2.63. The molecule has 0 unspecified atom stereocenters. The maximum Gasteiger partial charge on any atom is 0.313 e. The van der Waals surface area contributed by atoms with Crippen LogP contribution >= 0.6 is 0 Å². The summed E-state index contributed by atoms with van der Waals surface area (Å²) in [5.74, 6) is 0.0206. The van der Waals surface area contributed by atoms with Crippen molar-refractivity contribution in [3.8, 4) is 11.5 Å².